The minimum Gasteiger partial charge on any atom is -0.489 e. The molecule has 0 fully saturated rings. The number of carboxylic acids is 1. The summed E-state index contributed by atoms with van der Waals surface area (Å²) in [6.45, 7) is 0.605. The fraction of sp³-hybridized carbons (Fsp3) is 0.296. The minimum atomic E-state index is -0.792. The second kappa shape index (κ2) is 11.2. The number of hydrogen-bond donors (Lipinski definition) is 1. The molecule has 2 atom stereocenters. The molecule has 0 bridgehead atoms. The van der Waals surface area contributed by atoms with Gasteiger partial charge in [-0.3, -0.25) is 9.69 Å². The second-order valence-electron chi connectivity index (χ2n) is 8.37. The lowest BCUT2D eigenvalue weighted by molar-refractivity contribution is -0.138. The molecule has 32 heavy (non-hydrogen) atoms. The normalized spacial score (nSPS) is 16.0. The van der Waals surface area contributed by atoms with Crippen molar-refractivity contribution in [1.82, 2.24) is 4.90 Å². The predicted octanol–water partition coefficient (Wildman–Crippen LogP) is 5.55. The Kier molecular flexibility index (Phi) is 8.32. The lowest BCUT2D eigenvalue weighted by Crippen LogP contribution is -2.36. The summed E-state index contributed by atoms with van der Waals surface area (Å²) in [6, 6.07) is 27.0. The van der Waals surface area contributed by atoms with Gasteiger partial charge >= 0.3 is 5.97 Å². The average Bonchev–Trinajstić information content (AvgIpc) is 2.79. The summed E-state index contributed by atoms with van der Waals surface area (Å²) in [5.41, 5.74) is 5.03. The van der Waals surface area contributed by atoms with Crippen LogP contribution in [0, 0.1) is 5.92 Å². The Balaban J connectivity index is 0.00000289. The Morgan fingerprint density at radius 3 is 2.41 bits per heavy atom. The van der Waals surface area contributed by atoms with Crippen LogP contribution in [0.1, 0.15) is 34.7 Å². The number of nitrogens with zero attached hydrogens (tertiary/aromatic N) is 1. The standard InChI is InChI=1S/C27H29NO3.ClH/c1-28(18-26(29)30)27(21-10-6-3-7-11-21)24-13-12-23-17-25(15-14-22(23)16-24)31-19-20-8-4-2-5-9-20;/h2-11,14-15,17,24,27H,12-13,16,18-19H2,1H3,(H,29,30);1H. The fourth-order valence-electron chi connectivity index (χ4n) is 4.71. The highest BCUT2D eigenvalue weighted by Gasteiger charge is 2.31. The van der Waals surface area contributed by atoms with E-state index in [2.05, 4.69) is 42.5 Å². The molecule has 0 saturated heterocycles. The summed E-state index contributed by atoms with van der Waals surface area (Å²) in [5.74, 6) is 0.485. The van der Waals surface area contributed by atoms with E-state index in [1.54, 1.807) is 0 Å². The Morgan fingerprint density at radius 1 is 1.03 bits per heavy atom. The number of carbonyl (C=O) groups is 1. The number of hydrogen-bond acceptors (Lipinski definition) is 3. The molecule has 3 aromatic rings. The van der Waals surface area contributed by atoms with Gasteiger partial charge in [-0.1, -0.05) is 66.7 Å². The number of benzene rings is 3. The third-order valence-corrected chi connectivity index (χ3v) is 6.14. The van der Waals surface area contributed by atoms with Crippen molar-refractivity contribution in [1.29, 1.82) is 0 Å². The predicted molar refractivity (Wildman–Crippen MR) is 129 cm³/mol. The van der Waals surface area contributed by atoms with Crippen LogP contribution in [-0.2, 0) is 24.2 Å². The van der Waals surface area contributed by atoms with Crippen molar-refractivity contribution in [2.24, 2.45) is 5.92 Å². The van der Waals surface area contributed by atoms with Gasteiger partial charge in [-0.15, -0.1) is 12.4 Å². The number of ether oxygens (including phenoxy) is 1. The van der Waals surface area contributed by atoms with Crippen molar-refractivity contribution in [3.05, 3.63) is 101 Å². The number of rotatable bonds is 8. The van der Waals surface area contributed by atoms with E-state index in [0.717, 1.165) is 30.6 Å². The molecule has 0 spiro atoms. The molecule has 0 amide bonds. The van der Waals surface area contributed by atoms with Gasteiger partial charge in [0.05, 0.1) is 6.54 Å². The first-order valence-corrected chi connectivity index (χ1v) is 10.9. The molecule has 0 heterocycles. The first kappa shape index (κ1) is 23.8. The van der Waals surface area contributed by atoms with Crippen molar-refractivity contribution < 1.29 is 14.6 Å². The summed E-state index contributed by atoms with van der Waals surface area (Å²) >= 11 is 0. The molecule has 5 heteroatoms. The summed E-state index contributed by atoms with van der Waals surface area (Å²) in [7, 11) is 1.92. The Bertz CT molecular complexity index is 1010. The SMILES string of the molecule is CN(CC(=O)O)C(c1ccccc1)C1CCc2cc(OCc3ccccc3)ccc2C1.Cl. The molecular weight excluding hydrogens is 422 g/mol. The zero-order valence-corrected chi connectivity index (χ0v) is 19.1. The third kappa shape index (κ3) is 5.90. The maximum atomic E-state index is 11.4. The molecule has 0 aliphatic heterocycles. The lowest BCUT2D eigenvalue weighted by Gasteiger charge is -2.37. The summed E-state index contributed by atoms with van der Waals surface area (Å²) in [4.78, 5) is 13.3. The molecule has 4 rings (SSSR count). The van der Waals surface area contributed by atoms with Crippen LogP contribution in [0.4, 0.5) is 0 Å². The summed E-state index contributed by atoms with van der Waals surface area (Å²) in [6.07, 6.45) is 2.95. The molecular formula is C27H30ClNO3. The van der Waals surface area contributed by atoms with E-state index < -0.39 is 5.97 Å². The topological polar surface area (TPSA) is 49.8 Å². The third-order valence-electron chi connectivity index (χ3n) is 6.14. The number of aliphatic carboxylic acids is 1. The van der Waals surface area contributed by atoms with E-state index in [1.165, 1.54) is 16.7 Å². The second-order valence-corrected chi connectivity index (χ2v) is 8.37. The van der Waals surface area contributed by atoms with Crippen LogP contribution in [0.3, 0.4) is 0 Å². The number of aryl methyl sites for hydroxylation is 1. The minimum absolute atomic E-state index is 0. The van der Waals surface area contributed by atoms with E-state index >= 15 is 0 Å². The van der Waals surface area contributed by atoms with E-state index in [4.69, 9.17) is 4.74 Å². The number of carboxylic acid groups (broad SMARTS) is 1. The maximum Gasteiger partial charge on any atom is 0.317 e. The molecule has 1 aliphatic rings. The quantitative estimate of drug-likeness (QED) is 0.487. The molecule has 1 N–H and O–H groups in total. The van der Waals surface area contributed by atoms with E-state index in [9.17, 15) is 9.90 Å². The average molecular weight is 452 g/mol. The zero-order chi connectivity index (χ0) is 21.6. The number of likely N-dealkylation sites (N-methyl/N-ethyl adjacent to an activating group) is 1. The van der Waals surface area contributed by atoms with Crippen LogP contribution in [-0.4, -0.2) is 29.6 Å². The van der Waals surface area contributed by atoms with Crippen molar-refractivity contribution >= 4 is 18.4 Å². The summed E-state index contributed by atoms with van der Waals surface area (Å²) < 4.78 is 6.01. The van der Waals surface area contributed by atoms with Crippen molar-refractivity contribution in [3.63, 3.8) is 0 Å². The smallest absolute Gasteiger partial charge is 0.317 e. The van der Waals surface area contributed by atoms with Crippen LogP contribution < -0.4 is 4.74 Å². The molecule has 0 saturated carbocycles. The maximum absolute atomic E-state index is 11.4. The van der Waals surface area contributed by atoms with Crippen LogP contribution in [0.5, 0.6) is 5.75 Å². The Labute approximate surface area is 196 Å². The van der Waals surface area contributed by atoms with Crippen LogP contribution in [0.2, 0.25) is 0 Å². The Morgan fingerprint density at radius 2 is 1.72 bits per heavy atom. The summed E-state index contributed by atoms with van der Waals surface area (Å²) in [5, 5.41) is 9.34. The van der Waals surface area contributed by atoms with Gasteiger partial charge in [-0.05, 0) is 66.6 Å². The van der Waals surface area contributed by atoms with E-state index in [-0.39, 0.29) is 25.0 Å². The van der Waals surface area contributed by atoms with Gasteiger partial charge in [0, 0.05) is 6.04 Å². The van der Waals surface area contributed by atoms with E-state index in [1.807, 2.05) is 48.3 Å². The molecule has 0 aromatic heterocycles. The van der Waals surface area contributed by atoms with Gasteiger partial charge in [0.2, 0.25) is 0 Å². The van der Waals surface area contributed by atoms with Gasteiger partial charge in [0.25, 0.3) is 0 Å². The van der Waals surface area contributed by atoms with Crippen molar-refractivity contribution in [2.75, 3.05) is 13.6 Å². The zero-order valence-electron chi connectivity index (χ0n) is 18.3. The van der Waals surface area contributed by atoms with Gasteiger partial charge in [-0.25, -0.2) is 0 Å². The molecule has 4 nitrogen and oxygen atoms in total. The molecule has 3 aromatic carbocycles. The van der Waals surface area contributed by atoms with Crippen molar-refractivity contribution in [2.45, 2.75) is 31.9 Å². The van der Waals surface area contributed by atoms with Gasteiger partial charge in [-0.2, -0.15) is 0 Å². The van der Waals surface area contributed by atoms with Crippen molar-refractivity contribution in [3.8, 4) is 5.75 Å². The molecule has 0 radical (unpaired) electrons. The first-order chi connectivity index (χ1) is 15.1. The van der Waals surface area contributed by atoms with Gasteiger partial charge in [0.15, 0.2) is 0 Å². The largest absolute Gasteiger partial charge is 0.489 e. The molecule has 2 unspecified atom stereocenters. The van der Waals surface area contributed by atoms with E-state index in [0.29, 0.717) is 12.5 Å². The van der Waals surface area contributed by atoms with Crippen LogP contribution >= 0.6 is 12.4 Å². The van der Waals surface area contributed by atoms with Crippen LogP contribution in [0.25, 0.3) is 0 Å². The Hall–Kier alpha value is -2.82. The monoisotopic (exact) mass is 451 g/mol. The highest BCUT2D eigenvalue weighted by molar-refractivity contribution is 5.85. The molecule has 168 valence electrons. The molecule has 1 aliphatic carbocycles. The highest BCUT2D eigenvalue weighted by Crippen LogP contribution is 2.38. The highest BCUT2D eigenvalue weighted by atomic mass is 35.5. The van der Waals surface area contributed by atoms with Gasteiger partial charge in [0.1, 0.15) is 12.4 Å². The van der Waals surface area contributed by atoms with Crippen LogP contribution in [0.15, 0.2) is 78.9 Å². The number of fused-ring (bicyclic) bond motifs is 1. The number of halogens is 1. The van der Waals surface area contributed by atoms with Gasteiger partial charge < -0.3 is 9.84 Å². The fourth-order valence-corrected chi connectivity index (χ4v) is 4.71. The first-order valence-electron chi connectivity index (χ1n) is 10.9. The lowest BCUT2D eigenvalue weighted by atomic mass is 9.77.